The van der Waals surface area contributed by atoms with Crippen molar-refractivity contribution in [2.45, 2.75) is 32.6 Å². The van der Waals surface area contributed by atoms with Crippen molar-refractivity contribution in [3.8, 4) is 0 Å². The first kappa shape index (κ1) is 15.2. The highest BCUT2D eigenvalue weighted by molar-refractivity contribution is 5.99. The van der Waals surface area contributed by atoms with E-state index < -0.39 is 0 Å². The van der Waals surface area contributed by atoms with Crippen LogP contribution < -0.4 is 5.32 Å². The zero-order chi connectivity index (χ0) is 15.2. The Hall–Kier alpha value is -2.17. The van der Waals surface area contributed by atoms with E-state index >= 15 is 0 Å². The predicted octanol–water partition coefficient (Wildman–Crippen LogP) is 2.56. The van der Waals surface area contributed by atoms with Gasteiger partial charge in [0, 0.05) is 17.7 Å². The van der Waals surface area contributed by atoms with Crippen molar-refractivity contribution in [3.05, 3.63) is 29.8 Å². The average Bonchev–Trinajstić information content (AvgIpc) is 3.30. The number of hydrogen-bond acceptors (Lipinski definition) is 4. The Bertz CT molecular complexity index is 532. The van der Waals surface area contributed by atoms with Crippen LogP contribution in [0.5, 0.6) is 0 Å². The molecule has 1 fully saturated rings. The third-order valence-electron chi connectivity index (χ3n) is 3.22. The van der Waals surface area contributed by atoms with Gasteiger partial charge >= 0.3 is 5.97 Å². The molecule has 1 N–H and O–H groups in total. The van der Waals surface area contributed by atoms with Crippen molar-refractivity contribution >= 4 is 23.3 Å². The van der Waals surface area contributed by atoms with Crippen LogP contribution in [-0.2, 0) is 14.3 Å². The molecule has 5 heteroatoms. The van der Waals surface area contributed by atoms with E-state index in [0.29, 0.717) is 17.7 Å². The highest BCUT2D eigenvalue weighted by atomic mass is 16.5. The van der Waals surface area contributed by atoms with Gasteiger partial charge in [-0.3, -0.25) is 14.4 Å². The molecule has 1 aromatic rings. The lowest BCUT2D eigenvalue weighted by molar-refractivity contribution is -0.144. The quantitative estimate of drug-likeness (QED) is 0.618. The number of nitrogens with one attached hydrogen (secondary N) is 1. The van der Waals surface area contributed by atoms with Gasteiger partial charge in [-0.05, 0) is 43.5 Å². The molecule has 1 aliphatic carbocycles. The normalized spacial score (nSPS) is 13.6. The van der Waals surface area contributed by atoms with Crippen LogP contribution in [0.1, 0.15) is 43.0 Å². The number of esters is 1. The van der Waals surface area contributed by atoms with Crippen LogP contribution in [0.25, 0.3) is 0 Å². The topological polar surface area (TPSA) is 72.5 Å². The molecule has 2 rings (SSSR count). The minimum atomic E-state index is -0.285. The number of ether oxygens (including phenoxy) is 1. The minimum absolute atomic E-state index is 0.00560. The number of benzene rings is 1. The molecule has 112 valence electrons. The van der Waals surface area contributed by atoms with Crippen molar-refractivity contribution < 1.29 is 19.1 Å². The van der Waals surface area contributed by atoms with E-state index in [2.05, 4.69) is 5.32 Å². The molecule has 0 atom stereocenters. The predicted molar refractivity (Wildman–Crippen MR) is 78.0 cm³/mol. The van der Waals surface area contributed by atoms with Crippen LogP contribution >= 0.6 is 0 Å². The molecule has 0 aliphatic heterocycles. The molecule has 0 radical (unpaired) electrons. The number of anilines is 1. The maximum atomic E-state index is 11.9. The lowest BCUT2D eigenvalue weighted by Crippen LogP contribution is -2.15. The molecule has 1 amide bonds. The molecule has 0 spiro atoms. The second kappa shape index (κ2) is 7.02. The van der Waals surface area contributed by atoms with Crippen LogP contribution in [0.3, 0.4) is 0 Å². The summed E-state index contributed by atoms with van der Waals surface area (Å²) in [4.78, 5) is 34.7. The van der Waals surface area contributed by atoms with Gasteiger partial charge in [-0.1, -0.05) is 6.92 Å². The van der Waals surface area contributed by atoms with E-state index in [9.17, 15) is 14.4 Å². The number of carbonyl (C=O) groups is 3. The van der Waals surface area contributed by atoms with Gasteiger partial charge in [0.15, 0.2) is 12.4 Å². The number of Topliss-reactive ketones (excluding diaryl/α,β-unsaturated/α-hetero) is 1. The van der Waals surface area contributed by atoms with Gasteiger partial charge in [0.05, 0.1) is 5.92 Å². The van der Waals surface area contributed by atoms with Crippen LogP contribution in [0, 0.1) is 5.92 Å². The first-order valence-corrected chi connectivity index (χ1v) is 7.20. The summed E-state index contributed by atoms with van der Waals surface area (Å²) in [6.45, 7) is 1.71. The monoisotopic (exact) mass is 289 g/mol. The lowest BCUT2D eigenvalue weighted by atomic mass is 10.1. The minimum Gasteiger partial charge on any atom is -0.457 e. The number of ketones is 1. The molecule has 21 heavy (non-hydrogen) atoms. The van der Waals surface area contributed by atoms with E-state index in [4.69, 9.17) is 4.74 Å². The maximum absolute atomic E-state index is 11.9. The Morgan fingerprint density at radius 2 is 1.86 bits per heavy atom. The zero-order valence-electron chi connectivity index (χ0n) is 12.1. The highest BCUT2D eigenvalue weighted by Gasteiger charge is 2.31. The van der Waals surface area contributed by atoms with Gasteiger partial charge in [0.25, 0.3) is 0 Å². The summed E-state index contributed by atoms with van der Waals surface area (Å²) >= 11 is 0. The second-order valence-corrected chi connectivity index (χ2v) is 5.18. The summed E-state index contributed by atoms with van der Waals surface area (Å²) in [5.41, 5.74) is 1.12. The summed E-state index contributed by atoms with van der Waals surface area (Å²) in [5.74, 6) is -0.578. The van der Waals surface area contributed by atoms with Gasteiger partial charge in [0.2, 0.25) is 5.91 Å². The number of amides is 1. The van der Waals surface area contributed by atoms with Crippen molar-refractivity contribution in [1.82, 2.24) is 0 Å². The summed E-state index contributed by atoms with van der Waals surface area (Å²) in [6, 6.07) is 6.58. The number of rotatable bonds is 7. The Balaban J connectivity index is 1.84. The molecule has 5 nitrogen and oxygen atoms in total. The van der Waals surface area contributed by atoms with Gasteiger partial charge in [-0.25, -0.2) is 0 Å². The summed E-state index contributed by atoms with van der Waals surface area (Å²) in [7, 11) is 0. The molecule has 1 aromatic carbocycles. The number of carbonyl (C=O) groups excluding carboxylic acids is 3. The first-order chi connectivity index (χ1) is 10.1. The molecule has 0 unspecified atom stereocenters. The largest absolute Gasteiger partial charge is 0.457 e. The Labute approximate surface area is 123 Å². The van der Waals surface area contributed by atoms with Crippen molar-refractivity contribution in [2.75, 3.05) is 11.9 Å². The van der Waals surface area contributed by atoms with Crippen LogP contribution in [0.4, 0.5) is 5.69 Å². The van der Waals surface area contributed by atoms with E-state index in [0.717, 1.165) is 19.3 Å². The summed E-state index contributed by atoms with van der Waals surface area (Å²) in [6.07, 6.45) is 2.98. The van der Waals surface area contributed by atoms with Crippen LogP contribution in [-0.4, -0.2) is 24.3 Å². The zero-order valence-corrected chi connectivity index (χ0v) is 12.1. The van der Waals surface area contributed by atoms with Gasteiger partial charge in [-0.2, -0.15) is 0 Å². The van der Waals surface area contributed by atoms with Crippen LogP contribution in [0.2, 0.25) is 0 Å². The fourth-order valence-electron chi connectivity index (χ4n) is 1.85. The molecule has 1 saturated carbocycles. The van der Waals surface area contributed by atoms with E-state index in [1.165, 1.54) is 0 Å². The van der Waals surface area contributed by atoms with Gasteiger partial charge < -0.3 is 10.1 Å². The third-order valence-corrected chi connectivity index (χ3v) is 3.22. The van der Waals surface area contributed by atoms with E-state index in [1.807, 2.05) is 6.92 Å². The lowest BCUT2D eigenvalue weighted by Gasteiger charge is -2.06. The van der Waals surface area contributed by atoms with E-state index in [1.54, 1.807) is 24.3 Å². The first-order valence-electron chi connectivity index (χ1n) is 7.20. The fourth-order valence-corrected chi connectivity index (χ4v) is 1.85. The molecule has 0 heterocycles. The smallest absolute Gasteiger partial charge is 0.309 e. The Morgan fingerprint density at radius 1 is 1.19 bits per heavy atom. The number of hydrogen-bond donors (Lipinski definition) is 1. The SMILES string of the molecule is CCCC(=O)Nc1ccc(C(=O)COC(=O)C2CC2)cc1. The molecule has 0 bridgehead atoms. The van der Waals surface area contributed by atoms with Gasteiger partial charge in [-0.15, -0.1) is 0 Å². The molecule has 1 aliphatic rings. The Kier molecular flexibility index (Phi) is 5.09. The molecular weight excluding hydrogens is 270 g/mol. The molecular formula is C16H19NO4. The maximum Gasteiger partial charge on any atom is 0.309 e. The summed E-state index contributed by atoms with van der Waals surface area (Å²) in [5, 5.41) is 2.75. The average molecular weight is 289 g/mol. The standard InChI is InChI=1S/C16H19NO4/c1-2-3-15(19)17-13-8-6-11(7-9-13)14(18)10-21-16(20)12-4-5-12/h6-9,12H,2-5,10H2,1H3,(H,17,19). The van der Waals surface area contributed by atoms with Crippen molar-refractivity contribution in [3.63, 3.8) is 0 Å². The molecule has 0 saturated heterocycles. The summed E-state index contributed by atoms with van der Waals surface area (Å²) < 4.78 is 4.95. The fraction of sp³-hybridized carbons (Fsp3) is 0.438. The van der Waals surface area contributed by atoms with Crippen LogP contribution in [0.15, 0.2) is 24.3 Å². The van der Waals surface area contributed by atoms with Crippen molar-refractivity contribution in [2.24, 2.45) is 5.92 Å². The Morgan fingerprint density at radius 3 is 2.43 bits per heavy atom. The third kappa shape index (κ3) is 4.70. The second-order valence-electron chi connectivity index (χ2n) is 5.18. The highest BCUT2D eigenvalue weighted by Crippen LogP contribution is 2.30. The molecule has 0 aromatic heterocycles. The van der Waals surface area contributed by atoms with E-state index in [-0.39, 0.29) is 30.2 Å². The van der Waals surface area contributed by atoms with Gasteiger partial charge in [0.1, 0.15) is 0 Å². The van der Waals surface area contributed by atoms with Crippen molar-refractivity contribution in [1.29, 1.82) is 0 Å².